The van der Waals surface area contributed by atoms with Crippen LogP contribution in [0.3, 0.4) is 0 Å². The molecule has 4 heteroatoms. The zero-order chi connectivity index (χ0) is 13.9. The summed E-state index contributed by atoms with van der Waals surface area (Å²) in [5.74, 6) is 0.622. The minimum Gasteiger partial charge on any atom is -0.439 e. The number of rotatable bonds is 3. The molecule has 0 fully saturated rings. The van der Waals surface area contributed by atoms with Crippen LogP contribution in [0.25, 0.3) is 0 Å². The Morgan fingerprint density at radius 3 is 2.85 bits per heavy atom. The Kier molecular flexibility index (Phi) is 3.65. The molecule has 2 aromatic rings. The van der Waals surface area contributed by atoms with Crippen molar-refractivity contribution in [2.45, 2.75) is 32.2 Å². The molecule has 0 saturated heterocycles. The van der Waals surface area contributed by atoms with Crippen molar-refractivity contribution >= 4 is 0 Å². The summed E-state index contributed by atoms with van der Waals surface area (Å²) >= 11 is 0. The number of halogens is 1. The number of pyridine rings is 1. The number of nitrogens with two attached hydrogens (primary N) is 1. The first-order valence-corrected chi connectivity index (χ1v) is 6.91. The van der Waals surface area contributed by atoms with E-state index in [1.165, 1.54) is 24.1 Å². The number of aromatic nitrogens is 1. The van der Waals surface area contributed by atoms with Crippen LogP contribution in [0.5, 0.6) is 11.6 Å². The summed E-state index contributed by atoms with van der Waals surface area (Å²) in [5, 5.41) is 0. The first kappa shape index (κ1) is 13.1. The molecule has 3 nitrogen and oxygen atoms in total. The van der Waals surface area contributed by atoms with E-state index in [-0.39, 0.29) is 5.82 Å². The zero-order valence-electron chi connectivity index (χ0n) is 11.2. The smallest absolute Gasteiger partial charge is 0.223 e. The van der Waals surface area contributed by atoms with Gasteiger partial charge in [0.15, 0.2) is 0 Å². The van der Waals surface area contributed by atoms with Crippen molar-refractivity contribution in [2.24, 2.45) is 5.73 Å². The summed E-state index contributed by atoms with van der Waals surface area (Å²) in [6.07, 6.45) is 4.37. The van der Waals surface area contributed by atoms with Crippen LogP contribution in [0.4, 0.5) is 4.39 Å². The van der Waals surface area contributed by atoms with E-state index in [0.717, 1.165) is 30.5 Å². The van der Waals surface area contributed by atoms with Crippen LogP contribution in [0.15, 0.2) is 30.3 Å². The van der Waals surface area contributed by atoms with E-state index in [1.807, 2.05) is 0 Å². The number of hydrogen-bond acceptors (Lipinski definition) is 3. The van der Waals surface area contributed by atoms with Gasteiger partial charge in [0, 0.05) is 23.9 Å². The van der Waals surface area contributed by atoms with Crippen molar-refractivity contribution < 1.29 is 9.13 Å². The Labute approximate surface area is 117 Å². The van der Waals surface area contributed by atoms with Crippen molar-refractivity contribution in [1.82, 2.24) is 4.98 Å². The SMILES string of the molecule is NCc1cc2c(nc1Oc1cccc(F)c1)CCCC2. The molecule has 0 bridgehead atoms. The second-order valence-corrected chi connectivity index (χ2v) is 5.03. The fraction of sp³-hybridized carbons (Fsp3) is 0.312. The number of ether oxygens (including phenoxy) is 1. The Morgan fingerprint density at radius 2 is 2.05 bits per heavy atom. The van der Waals surface area contributed by atoms with Crippen LogP contribution < -0.4 is 10.5 Å². The molecule has 1 aliphatic carbocycles. The minimum atomic E-state index is -0.324. The number of benzene rings is 1. The lowest BCUT2D eigenvalue weighted by Gasteiger charge is -2.18. The molecule has 0 radical (unpaired) electrons. The maximum atomic E-state index is 13.2. The maximum Gasteiger partial charge on any atom is 0.223 e. The molecule has 0 saturated carbocycles. The number of hydrogen-bond donors (Lipinski definition) is 1. The topological polar surface area (TPSA) is 48.1 Å². The van der Waals surface area contributed by atoms with Crippen molar-refractivity contribution in [2.75, 3.05) is 0 Å². The van der Waals surface area contributed by atoms with Gasteiger partial charge in [0.05, 0.1) is 0 Å². The van der Waals surface area contributed by atoms with Gasteiger partial charge >= 0.3 is 0 Å². The monoisotopic (exact) mass is 272 g/mol. The van der Waals surface area contributed by atoms with Crippen LogP contribution in [0.2, 0.25) is 0 Å². The van der Waals surface area contributed by atoms with Crippen LogP contribution in [0.1, 0.15) is 29.7 Å². The van der Waals surface area contributed by atoms with Crippen molar-refractivity contribution in [1.29, 1.82) is 0 Å². The third-order valence-electron chi connectivity index (χ3n) is 3.57. The molecule has 0 spiro atoms. The van der Waals surface area contributed by atoms with Crippen LogP contribution in [0, 0.1) is 5.82 Å². The quantitative estimate of drug-likeness (QED) is 0.932. The molecular weight excluding hydrogens is 255 g/mol. The lowest BCUT2D eigenvalue weighted by molar-refractivity contribution is 0.447. The van der Waals surface area contributed by atoms with Crippen molar-refractivity contribution in [3.63, 3.8) is 0 Å². The fourth-order valence-electron chi connectivity index (χ4n) is 2.54. The van der Waals surface area contributed by atoms with Crippen LogP contribution >= 0.6 is 0 Å². The predicted octanol–water partition coefficient (Wildman–Crippen LogP) is 3.35. The van der Waals surface area contributed by atoms with Gasteiger partial charge in [0.2, 0.25) is 5.88 Å². The molecule has 104 valence electrons. The highest BCUT2D eigenvalue weighted by Gasteiger charge is 2.16. The highest BCUT2D eigenvalue weighted by molar-refractivity contribution is 5.38. The molecular formula is C16H17FN2O. The highest BCUT2D eigenvalue weighted by atomic mass is 19.1. The first-order chi connectivity index (χ1) is 9.76. The van der Waals surface area contributed by atoms with Gasteiger partial charge in [-0.3, -0.25) is 0 Å². The van der Waals surface area contributed by atoms with Crippen LogP contribution in [-0.4, -0.2) is 4.98 Å². The average Bonchev–Trinajstić information content (AvgIpc) is 2.46. The predicted molar refractivity (Wildman–Crippen MR) is 75.2 cm³/mol. The molecule has 1 aliphatic rings. The van der Waals surface area contributed by atoms with Gasteiger partial charge in [0.1, 0.15) is 11.6 Å². The summed E-state index contributed by atoms with van der Waals surface area (Å²) in [6.45, 7) is 0.366. The standard InChI is InChI=1S/C16H17FN2O/c17-13-5-3-6-14(9-13)20-16-12(10-18)8-11-4-1-2-7-15(11)19-16/h3,5-6,8-9H,1-2,4,7,10,18H2. The van der Waals surface area contributed by atoms with E-state index in [2.05, 4.69) is 11.1 Å². The van der Waals surface area contributed by atoms with Crippen molar-refractivity contribution in [3.05, 3.63) is 53.0 Å². The molecule has 1 aromatic carbocycles. The molecule has 0 atom stereocenters. The second-order valence-electron chi connectivity index (χ2n) is 5.03. The van der Waals surface area contributed by atoms with Gasteiger partial charge < -0.3 is 10.5 Å². The first-order valence-electron chi connectivity index (χ1n) is 6.91. The van der Waals surface area contributed by atoms with E-state index >= 15 is 0 Å². The van der Waals surface area contributed by atoms with Gasteiger partial charge in [-0.2, -0.15) is 0 Å². The molecule has 0 unspecified atom stereocenters. The van der Waals surface area contributed by atoms with Gasteiger partial charge in [-0.15, -0.1) is 0 Å². The summed E-state index contributed by atoms with van der Waals surface area (Å²) in [7, 11) is 0. The lowest BCUT2D eigenvalue weighted by Crippen LogP contribution is -2.10. The Morgan fingerprint density at radius 1 is 1.20 bits per heavy atom. The normalized spacial score (nSPS) is 13.9. The number of aryl methyl sites for hydroxylation is 2. The van der Waals surface area contributed by atoms with Gasteiger partial charge in [-0.1, -0.05) is 6.07 Å². The lowest BCUT2D eigenvalue weighted by atomic mass is 9.95. The Hall–Kier alpha value is -1.94. The molecule has 3 rings (SSSR count). The van der Waals surface area contributed by atoms with Gasteiger partial charge in [-0.05, 0) is 49.4 Å². The number of fused-ring (bicyclic) bond motifs is 1. The van der Waals surface area contributed by atoms with E-state index < -0.39 is 0 Å². The fourth-order valence-corrected chi connectivity index (χ4v) is 2.54. The van der Waals surface area contributed by atoms with Crippen molar-refractivity contribution in [3.8, 4) is 11.6 Å². The molecule has 20 heavy (non-hydrogen) atoms. The summed E-state index contributed by atoms with van der Waals surface area (Å²) in [4.78, 5) is 4.58. The van der Waals surface area contributed by atoms with Gasteiger partial charge in [0.25, 0.3) is 0 Å². The minimum absolute atomic E-state index is 0.324. The molecule has 0 amide bonds. The third-order valence-corrected chi connectivity index (χ3v) is 3.57. The molecule has 0 aliphatic heterocycles. The van der Waals surface area contributed by atoms with E-state index in [9.17, 15) is 4.39 Å². The highest BCUT2D eigenvalue weighted by Crippen LogP contribution is 2.29. The molecule has 1 aromatic heterocycles. The zero-order valence-corrected chi connectivity index (χ0v) is 11.2. The summed E-state index contributed by atoms with van der Waals surface area (Å²) in [6, 6.07) is 8.14. The maximum absolute atomic E-state index is 13.2. The van der Waals surface area contributed by atoms with Gasteiger partial charge in [-0.25, -0.2) is 9.37 Å². The molecule has 1 heterocycles. The van der Waals surface area contributed by atoms with E-state index in [0.29, 0.717) is 18.2 Å². The Bertz CT molecular complexity index is 628. The van der Waals surface area contributed by atoms with E-state index in [4.69, 9.17) is 10.5 Å². The largest absolute Gasteiger partial charge is 0.439 e. The summed E-state index contributed by atoms with van der Waals surface area (Å²) in [5.41, 5.74) is 8.99. The van der Waals surface area contributed by atoms with Crippen LogP contribution in [-0.2, 0) is 19.4 Å². The average molecular weight is 272 g/mol. The van der Waals surface area contributed by atoms with E-state index in [1.54, 1.807) is 12.1 Å². The molecule has 2 N–H and O–H groups in total. The second kappa shape index (κ2) is 5.59. The third kappa shape index (κ3) is 2.65. The number of nitrogens with zero attached hydrogens (tertiary/aromatic N) is 1. The summed E-state index contributed by atoms with van der Waals surface area (Å²) < 4.78 is 18.9. The Balaban J connectivity index is 1.95.